The smallest absolute Gasteiger partial charge is 0.192 e. The third kappa shape index (κ3) is 10.2. The van der Waals surface area contributed by atoms with Gasteiger partial charge in [-0.05, 0) is 144 Å². The van der Waals surface area contributed by atoms with E-state index in [1.807, 2.05) is 0 Å². The summed E-state index contributed by atoms with van der Waals surface area (Å²) in [5, 5.41) is 0.409. The summed E-state index contributed by atoms with van der Waals surface area (Å²) in [6.07, 6.45) is 23.6. The Labute approximate surface area is 312 Å². The minimum absolute atomic E-state index is 0.0521. The van der Waals surface area contributed by atoms with Crippen LogP contribution in [-0.4, -0.2) is 47.3 Å². The summed E-state index contributed by atoms with van der Waals surface area (Å²) in [6, 6.07) is 0. The van der Waals surface area contributed by atoms with E-state index in [2.05, 4.69) is 127 Å². The third-order valence-corrected chi connectivity index (χ3v) is 23.7. The number of ether oxygens (including phenoxy) is 2. The van der Waals surface area contributed by atoms with Gasteiger partial charge in [0.2, 0.25) is 0 Å². The van der Waals surface area contributed by atoms with Crippen LogP contribution in [0.15, 0.2) is 35.5 Å². The maximum Gasteiger partial charge on any atom is 0.192 e. The average Bonchev–Trinajstić information content (AvgIpc) is 3.34. The molecule has 8 atom stereocenters. The van der Waals surface area contributed by atoms with E-state index in [4.69, 9.17) is 18.3 Å². The van der Waals surface area contributed by atoms with E-state index in [0.717, 1.165) is 44.6 Å². The lowest BCUT2D eigenvalue weighted by Crippen LogP contribution is -2.48. The average molecular weight is 729 g/mol. The number of hydrogen-bond acceptors (Lipinski definition) is 4. The first kappa shape index (κ1) is 42.2. The van der Waals surface area contributed by atoms with Crippen LogP contribution in [0.1, 0.15) is 147 Å². The molecule has 0 aromatic rings. The van der Waals surface area contributed by atoms with Crippen LogP contribution in [-0.2, 0) is 18.3 Å². The fourth-order valence-corrected chi connectivity index (χ4v) is 11.7. The van der Waals surface area contributed by atoms with E-state index in [1.54, 1.807) is 5.57 Å². The molecule has 288 valence electrons. The standard InChI is InChI=1S/C44H80O4Si2/c1-32(21-22-33(2)43(9,10)46-40-20-16-17-28-45-40)38-25-26-39-35(19-18-27-44(38,39)11)24-23-34-29-36(47-49(12,13)41(3,4)5)31-37(30-34)48-50(14,15)42(6,7)8/h21-24,32-33,36-40H,16-20,25-31H2,1-15H3/b22-21+,35-24+/t32?,33?,36-,37-,38?,39?,40?,44+/m1/s1. The van der Waals surface area contributed by atoms with Gasteiger partial charge in [-0.1, -0.05) is 97.8 Å². The SMILES string of the molecule is CC(/C=C/C(C)C(C)(C)OC1CCCCO1)C1CCC2/C(=C/C=C3C[C@@H](O[Si](C)(C)C(C)(C)C)C[C@H](O[Si](C)(C)C(C)(C)C)C3)CCC[C@]21C. The van der Waals surface area contributed by atoms with Crippen LogP contribution in [0.3, 0.4) is 0 Å². The van der Waals surface area contributed by atoms with E-state index >= 15 is 0 Å². The summed E-state index contributed by atoms with van der Waals surface area (Å²) in [5.41, 5.74) is 3.37. The Morgan fingerprint density at radius 1 is 0.780 bits per heavy atom. The molecule has 4 rings (SSSR count). The predicted molar refractivity (Wildman–Crippen MR) is 219 cm³/mol. The van der Waals surface area contributed by atoms with Crippen molar-refractivity contribution in [2.45, 2.75) is 207 Å². The minimum atomic E-state index is -1.89. The van der Waals surface area contributed by atoms with Crippen LogP contribution in [0.4, 0.5) is 0 Å². The van der Waals surface area contributed by atoms with Crippen LogP contribution < -0.4 is 0 Å². The highest BCUT2D eigenvalue weighted by Gasteiger charge is 2.50. The van der Waals surface area contributed by atoms with Crippen molar-refractivity contribution in [3.63, 3.8) is 0 Å². The molecule has 4 nitrogen and oxygen atoms in total. The van der Waals surface area contributed by atoms with Gasteiger partial charge in [-0.15, -0.1) is 0 Å². The number of rotatable bonds is 11. The lowest BCUT2D eigenvalue weighted by molar-refractivity contribution is -0.223. The second-order valence-electron chi connectivity index (χ2n) is 20.9. The van der Waals surface area contributed by atoms with Crippen molar-refractivity contribution in [3.05, 3.63) is 35.5 Å². The molecule has 3 aliphatic carbocycles. The lowest BCUT2D eigenvalue weighted by Gasteiger charge is -2.45. The van der Waals surface area contributed by atoms with Gasteiger partial charge in [0.15, 0.2) is 22.9 Å². The zero-order chi connectivity index (χ0) is 37.3. The van der Waals surface area contributed by atoms with E-state index in [9.17, 15) is 0 Å². The molecular weight excluding hydrogens is 649 g/mol. The van der Waals surface area contributed by atoms with E-state index in [0.29, 0.717) is 23.2 Å². The van der Waals surface area contributed by atoms with Crippen LogP contribution in [0.25, 0.3) is 0 Å². The summed E-state index contributed by atoms with van der Waals surface area (Å²) in [5.74, 6) is 2.30. The van der Waals surface area contributed by atoms with Gasteiger partial charge >= 0.3 is 0 Å². The Hall–Kier alpha value is -0.506. The van der Waals surface area contributed by atoms with Gasteiger partial charge in [0.1, 0.15) is 0 Å². The first-order valence-electron chi connectivity index (χ1n) is 20.7. The second-order valence-corrected chi connectivity index (χ2v) is 30.4. The van der Waals surface area contributed by atoms with Gasteiger partial charge in [-0.3, -0.25) is 0 Å². The van der Waals surface area contributed by atoms with Crippen molar-refractivity contribution in [1.82, 2.24) is 0 Å². The maximum absolute atomic E-state index is 7.11. The molecule has 0 radical (unpaired) electrons. The lowest BCUT2D eigenvalue weighted by atomic mass is 9.61. The zero-order valence-electron chi connectivity index (χ0n) is 35.5. The first-order valence-corrected chi connectivity index (χ1v) is 26.5. The quantitative estimate of drug-likeness (QED) is 0.157. The fourth-order valence-electron chi connectivity index (χ4n) is 8.96. The van der Waals surface area contributed by atoms with Crippen molar-refractivity contribution in [2.75, 3.05) is 6.61 Å². The Bertz CT molecular complexity index is 1170. The highest BCUT2D eigenvalue weighted by molar-refractivity contribution is 6.74. The molecule has 4 fully saturated rings. The Morgan fingerprint density at radius 3 is 1.92 bits per heavy atom. The van der Waals surface area contributed by atoms with E-state index < -0.39 is 16.6 Å². The molecule has 1 saturated heterocycles. The molecule has 0 bridgehead atoms. The summed E-state index contributed by atoms with van der Waals surface area (Å²) in [4.78, 5) is 0. The van der Waals surface area contributed by atoms with Gasteiger partial charge < -0.3 is 18.3 Å². The van der Waals surface area contributed by atoms with Crippen molar-refractivity contribution < 1.29 is 18.3 Å². The highest BCUT2D eigenvalue weighted by Crippen LogP contribution is 2.59. The van der Waals surface area contributed by atoms with Crippen molar-refractivity contribution in [3.8, 4) is 0 Å². The van der Waals surface area contributed by atoms with Gasteiger partial charge in [-0.25, -0.2) is 0 Å². The van der Waals surface area contributed by atoms with Gasteiger partial charge in [-0.2, -0.15) is 0 Å². The molecule has 0 amide bonds. The fraction of sp³-hybridized carbons (Fsp3) is 0.864. The number of fused-ring (bicyclic) bond motifs is 1. The van der Waals surface area contributed by atoms with Crippen molar-refractivity contribution in [2.24, 2.45) is 29.1 Å². The van der Waals surface area contributed by atoms with E-state index in [-0.39, 0.29) is 34.2 Å². The van der Waals surface area contributed by atoms with E-state index in [1.165, 1.54) is 44.1 Å². The van der Waals surface area contributed by atoms with Gasteiger partial charge in [0.25, 0.3) is 0 Å². The number of allylic oxidation sites excluding steroid dienone is 4. The Balaban J connectivity index is 1.49. The van der Waals surface area contributed by atoms with Gasteiger partial charge in [0, 0.05) is 12.5 Å². The molecular formula is C44H80O4Si2. The molecule has 3 saturated carbocycles. The molecule has 1 heterocycles. The molecule has 0 aromatic heterocycles. The summed E-state index contributed by atoms with van der Waals surface area (Å²) >= 11 is 0. The summed E-state index contributed by atoms with van der Waals surface area (Å²) in [6.45, 7) is 36.5. The van der Waals surface area contributed by atoms with Crippen LogP contribution >= 0.6 is 0 Å². The van der Waals surface area contributed by atoms with Gasteiger partial charge in [0.05, 0.1) is 17.8 Å². The molecule has 50 heavy (non-hydrogen) atoms. The molecule has 6 heteroatoms. The maximum atomic E-state index is 7.11. The van der Waals surface area contributed by atoms with Crippen LogP contribution in [0, 0.1) is 29.1 Å². The minimum Gasteiger partial charge on any atom is -0.414 e. The van der Waals surface area contributed by atoms with Crippen molar-refractivity contribution >= 4 is 16.6 Å². The third-order valence-electron chi connectivity index (χ3n) is 14.6. The monoisotopic (exact) mass is 729 g/mol. The molecule has 0 spiro atoms. The highest BCUT2D eigenvalue weighted by atomic mass is 28.4. The summed E-state index contributed by atoms with van der Waals surface area (Å²) < 4.78 is 26.6. The molecule has 5 unspecified atom stereocenters. The molecule has 0 aromatic carbocycles. The Kier molecular flexibility index (Phi) is 13.6. The Morgan fingerprint density at radius 2 is 1.38 bits per heavy atom. The molecule has 4 aliphatic rings. The second kappa shape index (κ2) is 16.1. The van der Waals surface area contributed by atoms with Crippen molar-refractivity contribution in [1.29, 1.82) is 0 Å². The molecule has 0 N–H and O–H groups in total. The van der Waals surface area contributed by atoms with Crippen LogP contribution in [0.5, 0.6) is 0 Å². The largest absolute Gasteiger partial charge is 0.414 e. The predicted octanol–water partition coefficient (Wildman–Crippen LogP) is 13.2. The summed E-state index contributed by atoms with van der Waals surface area (Å²) in [7, 11) is -3.78. The zero-order valence-corrected chi connectivity index (χ0v) is 37.5. The molecule has 1 aliphatic heterocycles. The number of hydrogen-bond donors (Lipinski definition) is 0. The normalized spacial score (nSPS) is 32.7. The van der Waals surface area contributed by atoms with Crippen LogP contribution in [0.2, 0.25) is 36.3 Å². The first-order chi connectivity index (χ1) is 23.0. The topological polar surface area (TPSA) is 36.9 Å².